The zero-order chi connectivity index (χ0) is 14.3. The van der Waals surface area contributed by atoms with Crippen LogP contribution >= 0.6 is 15.9 Å². The van der Waals surface area contributed by atoms with Crippen LogP contribution in [0.5, 0.6) is 0 Å². The molecule has 1 fully saturated rings. The molecule has 1 N–H and O–H groups in total. The maximum Gasteiger partial charge on any atom is 0.234 e. The highest BCUT2D eigenvalue weighted by Gasteiger charge is 2.38. The van der Waals surface area contributed by atoms with E-state index in [4.69, 9.17) is 4.74 Å². The SMILES string of the molecule is CC1(C)C(=O)Nc2ccc(C(Br)CC3CCCO3)cc21. The zero-order valence-corrected chi connectivity index (χ0v) is 13.5. The van der Waals surface area contributed by atoms with E-state index in [1.165, 1.54) is 12.0 Å². The Morgan fingerprint density at radius 3 is 3.00 bits per heavy atom. The van der Waals surface area contributed by atoms with Crippen molar-refractivity contribution in [2.45, 2.75) is 49.5 Å². The number of hydrogen-bond acceptors (Lipinski definition) is 2. The molecule has 2 aliphatic rings. The molecule has 0 bridgehead atoms. The topological polar surface area (TPSA) is 38.3 Å². The minimum Gasteiger partial charge on any atom is -0.378 e. The summed E-state index contributed by atoms with van der Waals surface area (Å²) in [6.07, 6.45) is 3.67. The van der Waals surface area contributed by atoms with Crippen LogP contribution in [-0.2, 0) is 14.9 Å². The van der Waals surface area contributed by atoms with Gasteiger partial charge in [-0.2, -0.15) is 0 Å². The molecule has 0 aromatic heterocycles. The summed E-state index contributed by atoms with van der Waals surface area (Å²) in [7, 11) is 0. The summed E-state index contributed by atoms with van der Waals surface area (Å²) in [6, 6.07) is 6.26. The number of alkyl halides is 1. The van der Waals surface area contributed by atoms with Crippen LogP contribution < -0.4 is 5.32 Å². The van der Waals surface area contributed by atoms with Crippen molar-refractivity contribution in [2.75, 3.05) is 11.9 Å². The molecule has 3 nitrogen and oxygen atoms in total. The van der Waals surface area contributed by atoms with E-state index in [0.29, 0.717) is 6.10 Å². The van der Waals surface area contributed by atoms with Gasteiger partial charge >= 0.3 is 0 Å². The zero-order valence-electron chi connectivity index (χ0n) is 11.9. The van der Waals surface area contributed by atoms with Crippen LogP contribution in [0.1, 0.15) is 49.1 Å². The first-order valence-corrected chi connectivity index (χ1v) is 8.11. The van der Waals surface area contributed by atoms with Crippen molar-refractivity contribution in [3.8, 4) is 0 Å². The lowest BCUT2D eigenvalue weighted by molar-refractivity contribution is -0.119. The summed E-state index contributed by atoms with van der Waals surface area (Å²) >= 11 is 3.77. The molecule has 1 aromatic carbocycles. The average molecular weight is 338 g/mol. The molecule has 0 aliphatic carbocycles. The molecule has 108 valence electrons. The van der Waals surface area contributed by atoms with Crippen LogP contribution in [0.3, 0.4) is 0 Å². The van der Waals surface area contributed by atoms with Crippen molar-refractivity contribution >= 4 is 27.5 Å². The third-order valence-corrected chi connectivity index (χ3v) is 5.29. The second-order valence-corrected chi connectivity index (χ2v) is 7.33. The van der Waals surface area contributed by atoms with Gasteiger partial charge in [0, 0.05) is 17.1 Å². The molecule has 2 aliphatic heterocycles. The van der Waals surface area contributed by atoms with Gasteiger partial charge in [0.25, 0.3) is 0 Å². The average Bonchev–Trinajstić information content (AvgIpc) is 2.98. The van der Waals surface area contributed by atoms with Gasteiger partial charge in [-0.3, -0.25) is 4.79 Å². The van der Waals surface area contributed by atoms with Gasteiger partial charge < -0.3 is 10.1 Å². The lowest BCUT2D eigenvalue weighted by Crippen LogP contribution is -2.26. The van der Waals surface area contributed by atoms with Crippen LogP contribution in [0, 0.1) is 0 Å². The summed E-state index contributed by atoms with van der Waals surface area (Å²) in [5.74, 6) is 0.0786. The molecule has 1 aromatic rings. The number of rotatable bonds is 3. The van der Waals surface area contributed by atoms with Gasteiger partial charge in [0.05, 0.1) is 11.5 Å². The Labute approximate surface area is 128 Å². The summed E-state index contributed by atoms with van der Waals surface area (Å²) in [5.41, 5.74) is 2.82. The van der Waals surface area contributed by atoms with Gasteiger partial charge in [0.1, 0.15) is 0 Å². The Bertz CT molecular complexity index is 535. The van der Waals surface area contributed by atoms with Gasteiger partial charge in [0.15, 0.2) is 0 Å². The molecule has 20 heavy (non-hydrogen) atoms. The largest absolute Gasteiger partial charge is 0.378 e. The number of anilines is 1. The lowest BCUT2D eigenvalue weighted by Gasteiger charge is -2.19. The summed E-state index contributed by atoms with van der Waals surface area (Å²) in [4.78, 5) is 12.2. The van der Waals surface area contributed by atoms with Gasteiger partial charge in [-0.25, -0.2) is 0 Å². The number of fused-ring (bicyclic) bond motifs is 1. The molecule has 2 atom stereocenters. The normalized spacial score (nSPS) is 25.4. The van der Waals surface area contributed by atoms with Crippen molar-refractivity contribution in [2.24, 2.45) is 0 Å². The number of ether oxygens (including phenoxy) is 1. The van der Waals surface area contributed by atoms with Gasteiger partial charge in [-0.05, 0) is 50.3 Å². The third-order valence-electron chi connectivity index (χ3n) is 4.39. The number of benzene rings is 1. The van der Waals surface area contributed by atoms with E-state index < -0.39 is 5.41 Å². The fourth-order valence-corrected chi connectivity index (χ4v) is 3.68. The van der Waals surface area contributed by atoms with Gasteiger partial charge in [0.2, 0.25) is 5.91 Å². The minimum atomic E-state index is -0.443. The molecule has 3 rings (SSSR count). The summed E-state index contributed by atoms with van der Waals surface area (Å²) < 4.78 is 5.70. The van der Waals surface area contributed by atoms with Gasteiger partial charge in [-0.1, -0.05) is 28.1 Å². The Morgan fingerprint density at radius 1 is 1.50 bits per heavy atom. The minimum absolute atomic E-state index is 0.0786. The van der Waals surface area contributed by atoms with Crippen molar-refractivity contribution in [3.63, 3.8) is 0 Å². The standard InChI is InChI=1S/C16H20BrNO2/c1-16(2)12-8-10(5-6-14(12)18-15(16)19)13(17)9-11-4-3-7-20-11/h5-6,8,11,13H,3-4,7,9H2,1-2H3,(H,18,19). The molecular formula is C16H20BrNO2. The van der Waals surface area contributed by atoms with Crippen molar-refractivity contribution in [1.82, 2.24) is 0 Å². The Balaban J connectivity index is 1.82. The predicted molar refractivity (Wildman–Crippen MR) is 83.4 cm³/mol. The molecule has 0 radical (unpaired) electrons. The number of halogens is 1. The van der Waals surface area contributed by atoms with Crippen LogP contribution in [-0.4, -0.2) is 18.6 Å². The lowest BCUT2D eigenvalue weighted by atomic mass is 9.85. The van der Waals surface area contributed by atoms with Crippen LogP contribution in [0.15, 0.2) is 18.2 Å². The van der Waals surface area contributed by atoms with Gasteiger partial charge in [-0.15, -0.1) is 0 Å². The number of hydrogen-bond donors (Lipinski definition) is 1. The fraction of sp³-hybridized carbons (Fsp3) is 0.562. The van der Waals surface area contributed by atoms with Crippen LogP contribution in [0.25, 0.3) is 0 Å². The molecule has 1 amide bonds. The van der Waals surface area contributed by atoms with E-state index in [2.05, 4.69) is 33.4 Å². The second kappa shape index (κ2) is 5.15. The smallest absolute Gasteiger partial charge is 0.234 e. The Hall–Kier alpha value is -0.870. The number of nitrogens with one attached hydrogen (secondary N) is 1. The first-order valence-electron chi connectivity index (χ1n) is 7.20. The van der Waals surface area contributed by atoms with E-state index in [9.17, 15) is 4.79 Å². The molecule has 0 spiro atoms. The summed E-state index contributed by atoms with van der Waals surface area (Å²) in [6.45, 7) is 4.84. The van der Waals surface area contributed by atoms with Crippen molar-refractivity contribution < 1.29 is 9.53 Å². The highest BCUT2D eigenvalue weighted by atomic mass is 79.9. The maximum absolute atomic E-state index is 12.0. The van der Waals surface area contributed by atoms with Crippen LogP contribution in [0.2, 0.25) is 0 Å². The molecule has 2 unspecified atom stereocenters. The van der Waals surface area contributed by atoms with E-state index >= 15 is 0 Å². The molecule has 1 saturated heterocycles. The van der Waals surface area contributed by atoms with Crippen molar-refractivity contribution in [1.29, 1.82) is 0 Å². The highest BCUT2D eigenvalue weighted by Crippen LogP contribution is 2.41. The first-order chi connectivity index (χ1) is 9.48. The highest BCUT2D eigenvalue weighted by molar-refractivity contribution is 9.09. The summed E-state index contributed by atoms with van der Waals surface area (Å²) in [5, 5.41) is 2.95. The van der Waals surface area contributed by atoms with Crippen molar-refractivity contribution in [3.05, 3.63) is 29.3 Å². The number of carbonyl (C=O) groups excluding carboxylic acids is 1. The third kappa shape index (κ3) is 2.40. The first kappa shape index (κ1) is 14.1. The van der Waals surface area contributed by atoms with E-state index in [1.807, 2.05) is 19.9 Å². The molecular weight excluding hydrogens is 318 g/mol. The van der Waals surface area contributed by atoms with E-state index in [-0.39, 0.29) is 10.7 Å². The number of amides is 1. The predicted octanol–water partition coefficient (Wildman–Crippen LogP) is 3.92. The number of carbonyl (C=O) groups is 1. The quantitative estimate of drug-likeness (QED) is 0.849. The molecule has 4 heteroatoms. The maximum atomic E-state index is 12.0. The van der Waals surface area contributed by atoms with E-state index in [0.717, 1.165) is 30.7 Å². The molecule has 2 heterocycles. The fourth-order valence-electron chi connectivity index (χ4n) is 2.98. The van der Waals surface area contributed by atoms with E-state index in [1.54, 1.807) is 0 Å². The molecule has 0 saturated carbocycles. The Morgan fingerprint density at radius 2 is 2.30 bits per heavy atom. The monoisotopic (exact) mass is 337 g/mol. The Kier molecular flexibility index (Phi) is 3.63. The second-order valence-electron chi connectivity index (χ2n) is 6.22. The van der Waals surface area contributed by atoms with Crippen LogP contribution in [0.4, 0.5) is 5.69 Å².